The lowest BCUT2D eigenvalue weighted by Crippen LogP contribution is -2.04. The molecule has 2 heterocycles. The normalized spacial score (nSPS) is 16.1. The maximum absolute atomic E-state index is 10.9. The average molecular weight is 371 g/mol. The highest BCUT2D eigenvalue weighted by atomic mass is 16.1. The predicted octanol–water partition coefficient (Wildman–Crippen LogP) is 5.33. The lowest BCUT2D eigenvalue weighted by atomic mass is 10.1. The molecule has 0 spiro atoms. The molecule has 1 aromatic carbocycles. The second-order valence-corrected chi connectivity index (χ2v) is 7.32. The van der Waals surface area contributed by atoms with Crippen LogP contribution in [0.2, 0.25) is 0 Å². The van der Waals surface area contributed by atoms with Crippen molar-refractivity contribution in [2.24, 2.45) is 0 Å². The van der Waals surface area contributed by atoms with Crippen LogP contribution in [0.1, 0.15) is 50.2 Å². The molecule has 142 valence electrons. The molecular formula is C24H25N3O. The van der Waals surface area contributed by atoms with Gasteiger partial charge in [-0.1, -0.05) is 49.3 Å². The van der Waals surface area contributed by atoms with Gasteiger partial charge in [0.05, 0.1) is 0 Å². The molecule has 4 heteroatoms. The number of unbranched alkanes of at least 4 members (excludes halogenated alkanes) is 1. The summed E-state index contributed by atoms with van der Waals surface area (Å²) >= 11 is 0. The molecule has 2 aliphatic rings. The highest BCUT2D eigenvalue weighted by Gasteiger charge is 2.26. The van der Waals surface area contributed by atoms with E-state index in [0.717, 1.165) is 5.39 Å². The molecule has 5 rings (SSSR count). The Balaban J connectivity index is 0.000000143. The van der Waals surface area contributed by atoms with Crippen LogP contribution in [0.5, 0.6) is 0 Å². The molecule has 3 N–H and O–H groups in total. The summed E-state index contributed by atoms with van der Waals surface area (Å²) in [4.78, 5) is 17.4. The minimum atomic E-state index is -0.166. The Morgan fingerprint density at radius 1 is 1.07 bits per heavy atom. The van der Waals surface area contributed by atoms with E-state index in [1.165, 1.54) is 49.3 Å². The van der Waals surface area contributed by atoms with Crippen LogP contribution in [0.4, 0.5) is 5.82 Å². The van der Waals surface area contributed by atoms with Crippen molar-refractivity contribution in [2.45, 2.75) is 39.0 Å². The van der Waals surface area contributed by atoms with Crippen LogP contribution in [0, 0.1) is 0 Å². The molecule has 0 radical (unpaired) electrons. The van der Waals surface area contributed by atoms with Crippen molar-refractivity contribution in [1.29, 1.82) is 0 Å². The Morgan fingerprint density at radius 3 is 2.57 bits per heavy atom. The van der Waals surface area contributed by atoms with Crippen molar-refractivity contribution in [3.05, 3.63) is 81.7 Å². The van der Waals surface area contributed by atoms with Crippen LogP contribution in [0.3, 0.4) is 0 Å². The van der Waals surface area contributed by atoms with E-state index in [-0.39, 0.29) is 5.56 Å². The van der Waals surface area contributed by atoms with Gasteiger partial charge in [-0.2, -0.15) is 0 Å². The summed E-state index contributed by atoms with van der Waals surface area (Å²) in [7, 11) is 0. The van der Waals surface area contributed by atoms with Gasteiger partial charge in [0.25, 0.3) is 0 Å². The highest BCUT2D eigenvalue weighted by Crippen LogP contribution is 2.47. The zero-order valence-corrected chi connectivity index (χ0v) is 16.2. The van der Waals surface area contributed by atoms with Gasteiger partial charge >= 0.3 is 0 Å². The Hall–Kier alpha value is -3.14. The van der Waals surface area contributed by atoms with E-state index in [4.69, 9.17) is 5.73 Å². The van der Waals surface area contributed by atoms with Gasteiger partial charge in [0.15, 0.2) is 0 Å². The number of pyridine rings is 2. The number of nitrogen functional groups attached to an aromatic ring is 1. The SMILES string of the molecule is CCC/C=C1/CC(=C2CC2)c2ccccc21.Nc1ccc2ccc(=O)[nH]c2n1. The molecule has 0 bridgehead atoms. The number of H-pyrrole nitrogens is 1. The summed E-state index contributed by atoms with van der Waals surface area (Å²) < 4.78 is 0. The highest BCUT2D eigenvalue weighted by molar-refractivity contribution is 5.94. The van der Waals surface area contributed by atoms with Gasteiger partial charge in [-0.25, -0.2) is 4.98 Å². The van der Waals surface area contributed by atoms with Gasteiger partial charge in [-0.3, -0.25) is 4.79 Å². The first-order valence-corrected chi connectivity index (χ1v) is 9.91. The van der Waals surface area contributed by atoms with E-state index in [0.29, 0.717) is 11.5 Å². The Labute approximate surface area is 164 Å². The zero-order valence-electron chi connectivity index (χ0n) is 16.2. The van der Waals surface area contributed by atoms with Crippen molar-refractivity contribution in [1.82, 2.24) is 9.97 Å². The standard InChI is InChI=1S/C16H18.C8H7N3O/c1-2-3-6-13-11-16(12-9-10-12)15-8-5-4-7-14(13)15;9-6-3-1-5-2-4-7(12)11-8(5)10-6/h4-8H,2-3,9-11H2,1H3;1-4H,(H3,9,10,11,12)/b13-6-;. The van der Waals surface area contributed by atoms with Gasteiger partial charge in [0, 0.05) is 11.5 Å². The topological polar surface area (TPSA) is 71.8 Å². The Bertz CT molecular complexity index is 1130. The molecule has 28 heavy (non-hydrogen) atoms. The molecule has 2 aliphatic carbocycles. The second-order valence-electron chi connectivity index (χ2n) is 7.32. The number of aromatic amines is 1. The number of anilines is 1. The fourth-order valence-electron chi connectivity index (χ4n) is 3.63. The first-order chi connectivity index (χ1) is 13.7. The second kappa shape index (κ2) is 7.85. The van der Waals surface area contributed by atoms with Crippen molar-refractivity contribution in [2.75, 3.05) is 5.73 Å². The van der Waals surface area contributed by atoms with E-state index in [2.05, 4.69) is 47.2 Å². The third-order valence-corrected chi connectivity index (χ3v) is 5.18. The summed E-state index contributed by atoms with van der Waals surface area (Å²) in [6.07, 6.45) is 8.77. The summed E-state index contributed by atoms with van der Waals surface area (Å²) in [6, 6.07) is 15.6. The van der Waals surface area contributed by atoms with Gasteiger partial charge < -0.3 is 10.7 Å². The number of nitrogens with zero attached hydrogens (tertiary/aromatic N) is 1. The fraction of sp³-hybridized carbons (Fsp3) is 0.250. The van der Waals surface area contributed by atoms with Crippen LogP contribution >= 0.6 is 0 Å². The molecule has 4 nitrogen and oxygen atoms in total. The molecule has 1 fully saturated rings. The molecule has 0 aliphatic heterocycles. The number of benzene rings is 1. The van der Waals surface area contributed by atoms with Crippen LogP contribution in [0.15, 0.2) is 65.0 Å². The minimum Gasteiger partial charge on any atom is -0.384 e. The van der Waals surface area contributed by atoms with E-state index in [1.807, 2.05) is 6.07 Å². The fourth-order valence-corrected chi connectivity index (χ4v) is 3.63. The lowest BCUT2D eigenvalue weighted by molar-refractivity contribution is 0.958. The average Bonchev–Trinajstić information content (AvgIpc) is 3.48. The monoisotopic (exact) mass is 371 g/mol. The maximum Gasteiger partial charge on any atom is 0.249 e. The number of allylic oxidation sites excluding steroid dienone is 4. The molecule has 3 aromatic rings. The summed E-state index contributed by atoms with van der Waals surface area (Å²) in [5.41, 5.74) is 13.7. The van der Waals surface area contributed by atoms with Crippen molar-refractivity contribution in [3.63, 3.8) is 0 Å². The number of hydrogen-bond donors (Lipinski definition) is 2. The van der Waals surface area contributed by atoms with Gasteiger partial charge in [-0.05, 0) is 66.2 Å². The third-order valence-electron chi connectivity index (χ3n) is 5.18. The first kappa shape index (κ1) is 18.2. The Kier molecular flexibility index (Phi) is 5.11. The van der Waals surface area contributed by atoms with Crippen molar-refractivity contribution < 1.29 is 0 Å². The van der Waals surface area contributed by atoms with Crippen molar-refractivity contribution >= 4 is 28.0 Å². The molecule has 0 amide bonds. The van der Waals surface area contributed by atoms with Gasteiger partial charge in [-0.15, -0.1) is 0 Å². The van der Waals surface area contributed by atoms with Crippen LogP contribution in [-0.4, -0.2) is 9.97 Å². The van der Waals surface area contributed by atoms with Crippen LogP contribution < -0.4 is 11.3 Å². The molecule has 1 saturated carbocycles. The minimum absolute atomic E-state index is 0.166. The van der Waals surface area contributed by atoms with E-state index in [1.54, 1.807) is 28.9 Å². The first-order valence-electron chi connectivity index (χ1n) is 9.91. The molecule has 0 saturated heterocycles. The van der Waals surface area contributed by atoms with E-state index >= 15 is 0 Å². The molecule has 2 aromatic heterocycles. The summed E-state index contributed by atoms with van der Waals surface area (Å²) in [6.45, 7) is 2.25. The van der Waals surface area contributed by atoms with E-state index < -0.39 is 0 Å². The molecular weight excluding hydrogens is 346 g/mol. The van der Waals surface area contributed by atoms with Gasteiger partial charge in [0.1, 0.15) is 11.5 Å². The summed E-state index contributed by atoms with van der Waals surface area (Å²) in [5.74, 6) is 0.407. The van der Waals surface area contributed by atoms with Gasteiger partial charge in [0.2, 0.25) is 5.56 Å². The third kappa shape index (κ3) is 3.91. The largest absolute Gasteiger partial charge is 0.384 e. The number of hydrogen-bond acceptors (Lipinski definition) is 3. The van der Waals surface area contributed by atoms with Crippen molar-refractivity contribution in [3.8, 4) is 0 Å². The van der Waals surface area contributed by atoms with E-state index in [9.17, 15) is 4.79 Å². The number of aromatic nitrogens is 2. The van der Waals surface area contributed by atoms with Crippen LogP contribution in [0.25, 0.3) is 22.2 Å². The number of rotatable bonds is 2. The maximum atomic E-state index is 10.9. The summed E-state index contributed by atoms with van der Waals surface area (Å²) in [5, 5.41) is 0.879. The Morgan fingerprint density at radius 2 is 1.82 bits per heavy atom. The number of nitrogens with two attached hydrogens (primary N) is 1. The lowest BCUT2D eigenvalue weighted by Gasteiger charge is -1.99. The number of fused-ring (bicyclic) bond motifs is 2. The quantitative estimate of drug-likeness (QED) is 0.640. The zero-order chi connectivity index (χ0) is 19.5. The predicted molar refractivity (Wildman–Crippen MR) is 117 cm³/mol. The number of nitrogens with one attached hydrogen (secondary N) is 1. The van der Waals surface area contributed by atoms with Crippen LogP contribution in [-0.2, 0) is 0 Å². The smallest absolute Gasteiger partial charge is 0.249 e. The molecule has 0 unspecified atom stereocenters. The molecule has 0 atom stereocenters.